The zero-order chi connectivity index (χ0) is 14.9. The van der Waals surface area contributed by atoms with Gasteiger partial charge in [-0.1, -0.05) is 0 Å². The molecule has 1 N–H and O–H groups in total. The fourth-order valence-corrected chi connectivity index (χ4v) is 2.10. The summed E-state index contributed by atoms with van der Waals surface area (Å²) in [6.45, 7) is 3.85. The van der Waals surface area contributed by atoms with E-state index in [1.807, 2.05) is 6.92 Å². The summed E-state index contributed by atoms with van der Waals surface area (Å²) >= 11 is 0. The number of aliphatic hydroxyl groups excluding tert-OH is 1. The maximum atomic E-state index is 13.9. The van der Waals surface area contributed by atoms with Crippen molar-refractivity contribution in [3.05, 3.63) is 46.8 Å². The third kappa shape index (κ3) is 2.38. The first kappa shape index (κ1) is 14.5. The van der Waals surface area contributed by atoms with Crippen LogP contribution >= 0.6 is 0 Å². The molecular weight excluding hydrogens is 266 g/mol. The first-order chi connectivity index (χ1) is 9.49. The Bertz CT molecular complexity index is 604. The Hall–Kier alpha value is -1.95. The normalized spacial score (nSPS) is 12.5. The molecule has 108 valence electrons. The minimum Gasteiger partial charge on any atom is -0.493 e. The molecule has 0 fully saturated rings. The zero-order valence-electron chi connectivity index (χ0n) is 11.5. The topological polar surface area (TPSA) is 47.3 Å². The third-order valence-corrected chi connectivity index (χ3v) is 3.20. The lowest BCUT2D eigenvalue weighted by Gasteiger charge is -2.16. The molecule has 1 aromatic carbocycles. The van der Waals surface area contributed by atoms with Crippen molar-refractivity contribution in [3.63, 3.8) is 0 Å². The van der Waals surface area contributed by atoms with E-state index in [1.54, 1.807) is 0 Å². The van der Waals surface area contributed by atoms with Gasteiger partial charge in [-0.05, 0) is 25.5 Å². The number of aromatic nitrogens is 2. The molecule has 0 saturated carbocycles. The average Bonchev–Trinajstić information content (AvgIpc) is 2.85. The van der Waals surface area contributed by atoms with E-state index in [1.165, 1.54) is 31.0 Å². The van der Waals surface area contributed by atoms with Crippen LogP contribution in [0.3, 0.4) is 0 Å². The summed E-state index contributed by atoms with van der Waals surface area (Å²) in [5, 5.41) is 14.5. The predicted molar refractivity (Wildman–Crippen MR) is 69.6 cm³/mol. The molecule has 0 radical (unpaired) electrons. The summed E-state index contributed by atoms with van der Waals surface area (Å²) in [4.78, 5) is 0. The van der Waals surface area contributed by atoms with Gasteiger partial charge in [0, 0.05) is 18.2 Å². The summed E-state index contributed by atoms with van der Waals surface area (Å²) < 4.78 is 33.8. The Morgan fingerprint density at radius 3 is 2.65 bits per heavy atom. The van der Waals surface area contributed by atoms with Crippen LogP contribution in [0.5, 0.6) is 5.75 Å². The van der Waals surface area contributed by atoms with E-state index in [4.69, 9.17) is 4.74 Å². The monoisotopic (exact) mass is 282 g/mol. The number of halogens is 2. The van der Waals surface area contributed by atoms with Gasteiger partial charge >= 0.3 is 0 Å². The van der Waals surface area contributed by atoms with E-state index in [2.05, 4.69) is 5.10 Å². The molecule has 1 unspecified atom stereocenters. The fraction of sp³-hybridized carbons (Fsp3) is 0.357. The molecule has 0 saturated heterocycles. The van der Waals surface area contributed by atoms with Crippen molar-refractivity contribution in [2.24, 2.45) is 0 Å². The van der Waals surface area contributed by atoms with E-state index in [-0.39, 0.29) is 11.1 Å². The highest BCUT2D eigenvalue weighted by molar-refractivity contribution is 5.37. The van der Waals surface area contributed by atoms with Gasteiger partial charge in [-0.2, -0.15) is 5.10 Å². The van der Waals surface area contributed by atoms with Crippen LogP contribution in [0, 0.1) is 18.6 Å². The number of nitrogens with zero attached hydrogens (tertiary/aromatic N) is 2. The number of methoxy groups -OCH3 is 1. The maximum absolute atomic E-state index is 13.9. The Morgan fingerprint density at radius 1 is 1.35 bits per heavy atom. The van der Waals surface area contributed by atoms with Crippen molar-refractivity contribution >= 4 is 0 Å². The van der Waals surface area contributed by atoms with Gasteiger partial charge in [-0.15, -0.1) is 0 Å². The Morgan fingerprint density at radius 2 is 2.05 bits per heavy atom. The van der Waals surface area contributed by atoms with Gasteiger partial charge in [0.1, 0.15) is 23.4 Å². The molecule has 0 aliphatic rings. The van der Waals surface area contributed by atoms with E-state index in [0.717, 1.165) is 6.07 Å². The second kappa shape index (κ2) is 5.58. The van der Waals surface area contributed by atoms with E-state index >= 15 is 0 Å². The zero-order valence-corrected chi connectivity index (χ0v) is 11.5. The van der Waals surface area contributed by atoms with E-state index in [0.29, 0.717) is 18.0 Å². The van der Waals surface area contributed by atoms with Crippen molar-refractivity contribution < 1.29 is 18.6 Å². The van der Waals surface area contributed by atoms with Crippen LogP contribution in [0.15, 0.2) is 18.3 Å². The number of aliphatic hydroxyl groups is 1. The summed E-state index contributed by atoms with van der Waals surface area (Å²) in [5.74, 6) is -1.08. The molecule has 0 aliphatic heterocycles. The van der Waals surface area contributed by atoms with E-state index in [9.17, 15) is 13.9 Å². The van der Waals surface area contributed by atoms with Gasteiger partial charge in [0.05, 0.1) is 13.3 Å². The molecule has 2 aromatic rings. The molecular formula is C14H16F2N2O2. The van der Waals surface area contributed by atoms with Crippen LogP contribution in [0.4, 0.5) is 8.78 Å². The van der Waals surface area contributed by atoms with Gasteiger partial charge < -0.3 is 9.84 Å². The number of hydrogen-bond acceptors (Lipinski definition) is 3. The molecule has 1 atom stereocenters. The molecule has 2 rings (SSSR count). The van der Waals surface area contributed by atoms with Gasteiger partial charge in [0.15, 0.2) is 5.75 Å². The lowest BCUT2D eigenvalue weighted by Crippen LogP contribution is -2.12. The number of hydrogen-bond donors (Lipinski definition) is 1. The van der Waals surface area contributed by atoms with Gasteiger partial charge in [0.2, 0.25) is 0 Å². The fourth-order valence-electron chi connectivity index (χ4n) is 2.10. The summed E-state index contributed by atoms with van der Waals surface area (Å²) in [6.07, 6.45) is 0.183. The van der Waals surface area contributed by atoms with Crippen LogP contribution in [0.25, 0.3) is 0 Å². The lowest BCUT2D eigenvalue weighted by molar-refractivity contribution is 0.197. The van der Waals surface area contributed by atoms with Gasteiger partial charge in [-0.25, -0.2) is 8.78 Å². The van der Waals surface area contributed by atoms with Gasteiger partial charge in [0.25, 0.3) is 0 Å². The van der Waals surface area contributed by atoms with Crippen molar-refractivity contribution in [2.75, 3.05) is 7.11 Å². The Kier molecular flexibility index (Phi) is 4.04. The molecule has 6 heteroatoms. The minimum absolute atomic E-state index is 0.00241. The molecule has 0 bridgehead atoms. The largest absolute Gasteiger partial charge is 0.493 e. The summed E-state index contributed by atoms with van der Waals surface area (Å²) in [5.41, 5.74) is 0.610. The predicted octanol–water partition coefficient (Wildman–Crippen LogP) is 2.58. The van der Waals surface area contributed by atoms with E-state index < -0.39 is 17.7 Å². The Balaban J connectivity index is 2.53. The van der Waals surface area contributed by atoms with Crippen LogP contribution in [-0.4, -0.2) is 22.0 Å². The summed E-state index contributed by atoms with van der Waals surface area (Å²) in [6, 6.07) is 2.06. The smallest absolute Gasteiger partial charge is 0.163 e. The summed E-state index contributed by atoms with van der Waals surface area (Å²) in [7, 11) is 1.44. The lowest BCUT2D eigenvalue weighted by atomic mass is 10.0. The molecule has 0 spiro atoms. The average molecular weight is 282 g/mol. The van der Waals surface area contributed by atoms with Crippen molar-refractivity contribution in [3.8, 4) is 5.75 Å². The van der Waals surface area contributed by atoms with Gasteiger partial charge in [-0.3, -0.25) is 4.68 Å². The van der Waals surface area contributed by atoms with Crippen LogP contribution in [0.2, 0.25) is 0 Å². The SMILES string of the molecule is CCn1ncc(OC)c1C(O)c1cc(C)c(F)cc1F. The molecule has 1 heterocycles. The number of rotatable bonds is 4. The standard InChI is InChI=1S/C14H16F2N2O2/c1-4-18-13(12(20-3)7-17-18)14(19)9-5-8(2)10(15)6-11(9)16/h5-7,14,19H,4H2,1-3H3. The third-order valence-electron chi connectivity index (χ3n) is 3.20. The number of ether oxygens (including phenoxy) is 1. The molecule has 4 nitrogen and oxygen atoms in total. The van der Waals surface area contributed by atoms with Crippen LogP contribution in [-0.2, 0) is 6.54 Å². The highest BCUT2D eigenvalue weighted by atomic mass is 19.1. The molecule has 20 heavy (non-hydrogen) atoms. The first-order valence-corrected chi connectivity index (χ1v) is 6.22. The molecule has 0 aliphatic carbocycles. The van der Waals surface area contributed by atoms with Crippen LogP contribution < -0.4 is 4.74 Å². The van der Waals surface area contributed by atoms with Crippen molar-refractivity contribution in [1.29, 1.82) is 0 Å². The second-order valence-electron chi connectivity index (χ2n) is 4.44. The molecule has 0 amide bonds. The van der Waals surface area contributed by atoms with Crippen LogP contribution in [0.1, 0.15) is 29.8 Å². The highest BCUT2D eigenvalue weighted by Crippen LogP contribution is 2.32. The van der Waals surface area contributed by atoms with Crippen molar-refractivity contribution in [1.82, 2.24) is 9.78 Å². The van der Waals surface area contributed by atoms with Crippen molar-refractivity contribution in [2.45, 2.75) is 26.5 Å². The molecule has 1 aromatic heterocycles. The number of aryl methyl sites for hydroxylation is 2. The quantitative estimate of drug-likeness (QED) is 0.937. The highest BCUT2D eigenvalue weighted by Gasteiger charge is 2.24. The first-order valence-electron chi connectivity index (χ1n) is 6.22. The number of benzene rings is 1. The Labute approximate surface area is 115 Å². The second-order valence-corrected chi connectivity index (χ2v) is 4.44. The maximum Gasteiger partial charge on any atom is 0.163 e. The minimum atomic E-state index is -1.27.